The number of hydrogen-bond donors (Lipinski definition) is 4. The first kappa shape index (κ1) is 30.3. The van der Waals surface area contributed by atoms with Gasteiger partial charge in [0.25, 0.3) is 5.91 Å². The minimum absolute atomic E-state index is 0.0508. The van der Waals surface area contributed by atoms with Gasteiger partial charge >= 0.3 is 6.09 Å². The van der Waals surface area contributed by atoms with Crippen molar-refractivity contribution in [1.82, 2.24) is 4.72 Å². The molecule has 11 nitrogen and oxygen atoms in total. The molecule has 0 spiro atoms. The summed E-state index contributed by atoms with van der Waals surface area (Å²) >= 11 is 0. The number of anilines is 1. The van der Waals surface area contributed by atoms with E-state index >= 15 is 0 Å². The van der Waals surface area contributed by atoms with Crippen LogP contribution in [0.1, 0.15) is 42.3 Å². The lowest BCUT2D eigenvalue weighted by atomic mass is 10.0. The maximum atomic E-state index is 12.5. The molecular formula is C28H33N3O8S. The van der Waals surface area contributed by atoms with Crippen LogP contribution in [0.5, 0.6) is 11.5 Å². The first-order chi connectivity index (χ1) is 18.8. The number of carbonyl (C=O) groups is 2. The molecule has 0 aliphatic carbocycles. The van der Waals surface area contributed by atoms with Crippen LogP contribution in [0.3, 0.4) is 0 Å². The maximum Gasteiger partial charge on any atom is 0.404 e. The monoisotopic (exact) mass is 571 g/mol. The zero-order valence-electron chi connectivity index (χ0n) is 22.4. The summed E-state index contributed by atoms with van der Waals surface area (Å²) in [5.74, 6) is -0.0747. The van der Waals surface area contributed by atoms with Crippen LogP contribution in [-0.2, 0) is 14.8 Å². The number of aliphatic hydroxyl groups excluding tert-OH is 1. The summed E-state index contributed by atoms with van der Waals surface area (Å²) in [6.07, 6.45) is -2.03. The molecule has 3 aromatic carbocycles. The molecule has 3 rings (SSSR count). The molecule has 0 saturated carbocycles. The number of primary amides is 1. The Bertz CT molecular complexity index is 1420. The van der Waals surface area contributed by atoms with Gasteiger partial charge in [0.2, 0.25) is 10.0 Å². The maximum absolute atomic E-state index is 12.5. The van der Waals surface area contributed by atoms with E-state index in [9.17, 15) is 23.1 Å². The summed E-state index contributed by atoms with van der Waals surface area (Å²) < 4.78 is 41.7. The Kier molecular flexibility index (Phi) is 9.97. The zero-order chi connectivity index (χ0) is 29.4. The van der Waals surface area contributed by atoms with Crippen LogP contribution in [0, 0.1) is 0 Å². The van der Waals surface area contributed by atoms with Gasteiger partial charge in [-0.2, -0.15) is 0 Å². The van der Waals surface area contributed by atoms with E-state index in [1.165, 1.54) is 6.07 Å². The van der Waals surface area contributed by atoms with Crippen molar-refractivity contribution in [2.24, 2.45) is 5.73 Å². The molecule has 3 aromatic rings. The molecule has 6 N–H and O–H groups in total. The number of amides is 2. The second-order valence-electron chi connectivity index (χ2n) is 9.39. The van der Waals surface area contributed by atoms with E-state index in [4.69, 9.17) is 25.7 Å². The fourth-order valence-corrected chi connectivity index (χ4v) is 4.26. The summed E-state index contributed by atoms with van der Waals surface area (Å²) in [5, 5.41) is 10.5. The average molecular weight is 572 g/mol. The number of nitrogens with one attached hydrogen (secondary N) is 1. The predicted molar refractivity (Wildman–Crippen MR) is 150 cm³/mol. The number of aliphatic hydroxyl groups is 1. The predicted octanol–water partition coefficient (Wildman–Crippen LogP) is 3.38. The summed E-state index contributed by atoms with van der Waals surface area (Å²) in [4.78, 5) is 23.9. The van der Waals surface area contributed by atoms with Gasteiger partial charge in [0.15, 0.2) is 0 Å². The van der Waals surface area contributed by atoms with Gasteiger partial charge in [0.1, 0.15) is 24.2 Å². The molecule has 0 bridgehead atoms. The van der Waals surface area contributed by atoms with Gasteiger partial charge in [-0.05, 0) is 66.9 Å². The Hall–Kier alpha value is -4.29. The number of rotatable bonds is 12. The molecule has 0 aliphatic heterocycles. The van der Waals surface area contributed by atoms with Gasteiger partial charge in [0, 0.05) is 12.1 Å². The van der Waals surface area contributed by atoms with E-state index in [2.05, 4.69) is 0 Å². The number of carbonyl (C=O) groups excluding carboxylic acids is 2. The van der Waals surface area contributed by atoms with Crippen molar-refractivity contribution in [2.45, 2.75) is 38.6 Å². The lowest BCUT2D eigenvalue weighted by Crippen LogP contribution is -2.30. The molecule has 0 saturated heterocycles. The number of sulfonamides is 1. The van der Waals surface area contributed by atoms with Crippen molar-refractivity contribution in [3.8, 4) is 22.6 Å². The van der Waals surface area contributed by atoms with Crippen molar-refractivity contribution in [1.29, 1.82) is 0 Å². The zero-order valence-corrected chi connectivity index (χ0v) is 23.2. The van der Waals surface area contributed by atoms with Crippen LogP contribution < -0.4 is 25.7 Å². The van der Waals surface area contributed by atoms with Crippen molar-refractivity contribution >= 4 is 27.7 Å². The Morgan fingerprint density at radius 2 is 1.60 bits per heavy atom. The van der Waals surface area contributed by atoms with Crippen molar-refractivity contribution < 1.29 is 37.3 Å². The summed E-state index contributed by atoms with van der Waals surface area (Å²) in [6.45, 7) is 3.53. The standard InChI is InChI=1S/C28H33N3O8S/c1-17(2)38-26-14-20(8-13-24(26)27(33)31-40(3,35)36)18-6-11-22(12-7-18)37-16-23(39-28(30)34)15-25(32)19-4-9-21(29)10-5-19/h4-14,17,23,25,32H,15-16,29H2,1-3H3,(H2,30,34)(H,31,33)/t23?,25-/m1/s1. The molecule has 0 heterocycles. The van der Waals surface area contributed by atoms with E-state index in [1.807, 2.05) is 4.72 Å². The van der Waals surface area contributed by atoms with Crippen molar-refractivity contribution in [3.05, 3.63) is 77.9 Å². The third-order valence-corrected chi connectivity index (χ3v) is 6.14. The highest BCUT2D eigenvalue weighted by Crippen LogP contribution is 2.30. The SMILES string of the molecule is CC(C)Oc1cc(-c2ccc(OCC(C[C@@H](O)c3ccc(N)cc3)OC(N)=O)cc2)ccc1C(=O)NS(C)(=O)=O. The molecule has 214 valence electrons. The average Bonchev–Trinajstić information content (AvgIpc) is 2.86. The number of hydrogen-bond acceptors (Lipinski definition) is 9. The highest BCUT2D eigenvalue weighted by Gasteiger charge is 2.21. The van der Waals surface area contributed by atoms with Gasteiger partial charge in [0.05, 0.1) is 24.0 Å². The topological polar surface area (TPSA) is 180 Å². The smallest absolute Gasteiger partial charge is 0.404 e. The Morgan fingerprint density at radius 3 is 2.17 bits per heavy atom. The van der Waals surface area contributed by atoms with Crippen LogP contribution in [0.2, 0.25) is 0 Å². The molecular weight excluding hydrogens is 538 g/mol. The highest BCUT2D eigenvalue weighted by molar-refractivity contribution is 7.89. The van der Waals surface area contributed by atoms with Crippen molar-refractivity contribution in [3.63, 3.8) is 0 Å². The largest absolute Gasteiger partial charge is 0.490 e. The minimum atomic E-state index is -3.75. The molecule has 2 atom stereocenters. The number of nitrogens with two attached hydrogens (primary N) is 2. The van der Waals surface area contributed by atoms with Gasteiger partial charge in [-0.15, -0.1) is 0 Å². The first-order valence-electron chi connectivity index (χ1n) is 12.4. The molecule has 40 heavy (non-hydrogen) atoms. The lowest BCUT2D eigenvalue weighted by molar-refractivity contribution is 0.0318. The third kappa shape index (κ3) is 9.17. The Balaban J connectivity index is 1.72. The van der Waals surface area contributed by atoms with Crippen LogP contribution in [-0.4, -0.2) is 50.6 Å². The number of nitrogen functional groups attached to an aromatic ring is 1. The Morgan fingerprint density at radius 1 is 0.975 bits per heavy atom. The van der Waals surface area contributed by atoms with Crippen LogP contribution in [0.25, 0.3) is 11.1 Å². The first-order valence-corrected chi connectivity index (χ1v) is 14.3. The molecule has 0 fully saturated rings. The summed E-state index contributed by atoms with van der Waals surface area (Å²) in [6, 6.07) is 18.5. The number of ether oxygens (including phenoxy) is 3. The van der Waals surface area contributed by atoms with Gasteiger partial charge in [-0.1, -0.05) is 30.3 Å². The van der Waals surface area contributed by atoms with Crippen LogP contribution in [0.4, 0.5) is 10.5 Å². The van der Waals surface area contributed by atoms with Gasteiger partial charge in [-0.25, -0.2) is 17.9 Å². The van der Waals surface area contributed by atoms with Crippen LogP contribution >= 0.6 is 0 Å². The lowest BCUT2D eigenvalue weighted by Gasteiger charge is -2.21. The van der Waals surface area contributed by atoms with E-state index in [1.54, 1.807) is 74.5 Å². The summed E-state index contributed by atoms with van der Waals surface area (Å²) in [5.41, 5.74) is 13.6. The molecule has 0 aliphatic rings. The fourth-order valence-electron chi connectivity index (χ4n) is 3.81. The molecule has 1 unspecified atom stereocenters. The third-order valence-electron chi connectivity index (χ3n) is 5.58. The molecule has 0 aromatic heterocycles. The van der Waals surface area contributed by atoms with E-state index < -0.39 is 34.2 Å². The normalized spacial score (nSPS) is 12.8. The molecule has 2 amide bonds. The van der Waals surface area contributed by atoms with Crippen LogP contribution in [0.15, 0.2) is 66.7 Å². The quantitative estimate of drug-likeness (QED) is 0.237. The summed E-state index contributed by atoms with van der Waals surface area (Å²) in [7, 11) is -3.75. The second-order valence-corrected chi connectivity index (χ2v) is 11.1. The number of benzene rings is 3. The Labute approximate surface area is 233 Å². The van der Waals surface area contributed by atoms with Gasteiger partial charge in [-0.3, -0.25) is 4.79 Å². The second kappa shape index (κ2) is 13.2. The van der Waals surface area contributed by atoms with E-state index in [0.29, 0.717) is 17.0 Å². The van der Waals surface area contributed by atoms with Gasteiger partial charge < -0.3 is 30.8 Å². The minimum Gasteiger partial charge on any atom is -0.490 e. The highest BCUT2D eigenvalue weighted by atomic mass is 32.2. The fraction of sp³-hybridized carbons (Fsp3) is 0.286. The van der Waals surface area contributed by atoms with E-state index in [-0.39, 0.29) is 30.4 Å². The van der Waals surface area contributed by atoms with E-state index in [0.717, 1.165) is 17.4 Å². The van der Waals surface area contributed by atoms with Crippen molar-refractivity contribution in [2.75, 3.05) is 18.6 Å². The molecule has 12 heteroatoms. The molecule has 0 radical (unpaired) electrons.